The number of aromatic amines is 1. The molecule has 0 bridgehead atoms. The van der Waals surface area contributed by atoms with Crippen molar-refractivity contribution in [2.45, 2.75) is 31.7 Å². The summed E-state index contributed by atoms with van der Waals surface area (Å²) < 4.78 is 0. The summed E-state index contributed by atoms with van der Waals surface area (Å²) >= 11 is 3.41. The highest BCUT2D eigenvalue weighted by molar-refractivity contribution is 9.09. The van der Waals surface area contributed by atoms with Gasteiger partial charge in [0, 0.05) is 24.1 Å². The van der Waals surface area contributed by atoms with Gasteiger partial charge in [-0.1, -0.05) is 28.8 Å². The standard InChI is InChI=1S/C11H16BrN3O/c12-5-6-15(10-3-1-2-4-10)11(16)9-7-13-14-8-9/h7-8,10H,1-6H2,(H,13,14). The Labute approximate surface area is 104 Å². The van der Waals surface area contributed by atoms with Crippen molar-refractivity contribution in [3.63, 3.8) is 0 Å². The summed E-state index contributed by atoms with van der Waals surface area (Å²) in [4.78, 5) is 14.2. The number of carbonyl (C=O) groups is 1. The Morgan fingerprint density at radius 2 is 2.31 bits per heavy atom. The van der Waals surface area contributed by atoms with Gasteiger partial charge in [-0.05, 0) is 12.8 Å². The maximum Gasteiger partial charge on any atom is 0.257 e. The third kappa shape index (κ3) is 2.45. The van der Waals surface area contributed by atoms with Gasteiger partial charge in [-0.2, -0.15) is 5.10 Å². The summed E-state index contributed by atoms with van der Waals surface area (Å²) in [5, 5.41) is 7.34. The fraction of sp³-hybridized carbons (Fsp3) is 0.636. The largest absolute Gasteiger partial charge is 0.335 e. The average Bonchev–Trinajstić information content (AvgIpc) is 2.96. The molecule has 0 unspecified atom stereocenters. The van der Waals surface area contributed by atoms with Gasteiger partial charge in [-0.3, -0.25) is 9.89 Å². The van der Waals surface area contributed by atoms with Crippen molar-refractivity contribution in [3.8, 4) is 0 Å². The van der Waals surface area contributed by atoms with E-state index in [9.17, 15) is 4.79 Å². The van der Waals surface area contributed by atoms with Crippen LogP contribution in [0.4, 0.5) is 0 Å². The molecular formula is C11H16BrN3O. The number of hydrogen-bond donors (Lipinski definition) is 1. The molecule has 1 saturated carbocycles. The van der Waals surface area contributed by atoms with E-state index in [0.29, 0.717) is 11.6 Å². The summed E-state index contributed by atoms with van der Waals surface area (Å²) in [5.41, 5.74) is 0.660. The second kappa shape index (κ2) is 5.48. The zero-order chi connectivity index (χ0) is 11.4. The highest BCUT2D eigenvalue weighted by Crippen LogP contribution is 2.24. The zero-order valence-electron chi connectivity index (χ0n) is 9.16. The molecule has 1 aliphatic carbocycles. The van der Waals surface area contributed by atoms with E-state index in [0.717, 1.165) is 24.7 Å². The third-order valence-corrected chi connectivity index (χ3v) is 3.45. The molecule has 0 spiro atoms. The smallest absolute Gasteiger partial charge is 0.257 e. The first kappa shape index (κ1) is 11.6. The van der Waals surface area contributed by atoms with E-state index < -0.39 is 0 Å². The minimum absolute atomic E-state index is 0.0973. The van der Waals surface area contributed by atoms with Crippen LogP contribution in [0.15, 0.2) is 12.4 Å². The van der Waals surface area contributed by atoms with Crippen molar-refractivity contribution in [2.24, 2.45) is 0 Å². The van der Waals surface area contributed by atoms with Gasteiger partial charge in [-0.25, -0.2) is 0 Å². The molecule has 1 aromatic heterocycles. The lowest BCUT2D eigenvalue weighted by atomic mass is 10.2. The molecule has 0 atom stereocenters. The molecule has 0 radical (unpaired) electrons. The van der Waals surface area contributed by atoms with E-state index >= 15 is 0 Å². The molecule has 4 nitrogen and oxygen atoms in total. The highest BCUT2D eigenvalue weighted by atomic mass is 79.9. The zero-order valence-corrected chi connectivity index (χ0v) is 10.7. The molecule has 88 valence electrons. The maximum absolute atomic E-state index is 12.2. The van der Waals surface area contributed by atoms with E-state index in [4.69, 9.17) is 0 Å². The van der Waals surface area contributed by atoms with Crippen molar-refractivity contribution in [1.29, 1.82) is 0 Å². The Balaban J connectivity index is 2.09. The number of H-pyrrole nitrogens is 1. The molecular weight excluding hydrogens is 270 g/mol. The van der Waals surface area contributed by atoms with Crippen molar-refractivity contribution >= 4 is 21.8 Å². The van der Waals surface area contributed by atoms with Crippen LogP contribution in [0.1, 0.15) is 36.0 Å². The molecule has 5 heteroatoms. The molecule has 0 saturated heterocycles. The molecule has 1 N–H and O–H groups in total. The van der Waals surface area contributed by atoms with Gasteiger partial charge in [0.1, 0.15) is 0 Å². The minimum Gasteiger partial charge on any atom is -0.335 e. The lowest BCUT2D eigenvalue weighted by molar-refractivity contribution is 0.0696. The van der Waals surface area contributed by atoms with Gasteiger partial charge in [-0.15, -0.1) is 0 Å². The van der Waals surface area contributed by atoms with Crippen LogP contribution in [0, 0.1) is 0 Å². The first-order valence-electron chi connectivity index (χ1n) is 5.68. The normalized spacial score (nSPS) is 16.6. The Morgan fingerprint density at radius 3 is 2.88 bits per heavy atom. The number of amides is 1. The van der Waals surface area contributed by atoms with Gasteiger partial charge in [0.05, 0.1) is 11.8 Å². The van der Waals surface area contributed by atoms with Crippen molar-refractivity contribution in [1.82, 2.24) is 15.1 Å². The molecule has 1 heterocycles. The lowest BCUT2D eigenvalue weighted by Gasteiger charge is -2.27. The summed E-state index contributed by atoms with van der Waals surface area (Å²) in [5.74, 6) is 0.0973. The number of rotatable bonds is 4. The molecule has 0 aliphatic heterocycles. The molecule has 1 fully saturated rings. The second-order valence-electron chi connectivity index (χ2n) is 4.11. The quantitative estimate of drug-likeness (QED) is 0.862. The highest BCUT2D eigenvalue weighted by Gasteiger charge is 2.27. The summed E-state index contributed by atoms with van der Waals surface area (Å²) in [7, 11) is 0. The molecule has 2 rings (SSSR count). The van der Waals surface area contributed by atoms with Gasteiger partial charge in [0.2, 0.25) is 0 Å². The summed E-state index contributed by atoms with van der Waals surface area (Å²) in [6.45, 7) is 0.772. The number of nitrogens with zero attached hydrogens (tertiary/aromatic N) is 2. The minimum atomic E-state index is 0.0973. The van der Waals surface area contributed by atoms with E-state index in [1.807, 2.05) is 4.90 Å². The number of alkyl halides is 1. The number of aromatic nitrogens is 2. The summed E-state index contributed by atoms with van der Waals surface area (Å²) in [6, 6.07) is 0.417. The van der Waals surface area contributed by atoms with Crippen LogP contribution in [0.25, 0.3) is 0 Å². The predicted octanol–water partition coefficient (Wildman–Crippen LogP) is 2.19. The Bertz CT molecular complexity index is 333. The Hall–Kier alpha value is -0.840. The Kier molecular flexibility index (Phi) is 3.98. The molecule has 1 aliphatic rings. The van der Waals surface area contributed by atoms with Gasteiger partial charge in [0.25, 0.3) is 5.91 Å². The van der Waals surface area contributed by atoms with Crippen molar-refractivity contribution in [2.75, 3.05) is 11.9 Å². The number of hydrogen-bond acceptors (Lipinski definition) is 2. The SMILES string of the molecule is O=C(c1cn[nH]c1)N(CCBr)C1CCCC1. The van der Waals surface area contributed by atoms with Gasteiger partial charge in [0.15, 0.2) is 0 Å². The average molecular weight is 286 g/mol. The van der Waals surface area contributed by atoms with Crippen LogP contribution in [-0.4, -0.2) is 38.9 Å². The molecule has 0 aromatic carbocycles. The predicted molar refractivity (Wildman–Crippen MR) is 65.7 cm³/mol. The van der Waals surface area contributed by atoms with Crippen LogP contribution < -0.4 is 0 Å². The van der Waals surface area contributed by atoms with Crippen molar-refractivity contribution in [3.05, 3.63) is 18.0 Å². The van der Waals surface area contributed by atoms with E-state index in [1.165, 1.54) is 12.8 Å². The molecule has 1 amide bonds. The van der Waals surface area contributed by atoms with Crippen LogP contribution in [0.3, 0.4) is 0 Å². The maximum atomic E-state index is 12.2. The Morgan fingerprint density at radius 1 is 1.56 bits per heavy atom. The monoisotopic (exact) mass is 285 g/mol. The van der Waals surface area contributed by atoms with Crippen LogP contribution in [0.2, 0.25) is 0 Å². The second-order valence-corrected chi connectivity index (χ2v) is 4.91. The van der Waals surface area contributed by atoms with Crippen LogP contribution in [-0.2, 0) is 0 Å². The van der Waals surface area contributed by atoms with Crippen molar-refractivity contribution < 1.29 is 4.79 Å². The molecule has 16 heavy (non-hydrogen) atoms. The lowest BCUT2D eigenvalue weighted by Crippen LogP contribution is -2.40. The van der Waals surface area contributed by atoms with E-state index in [1.54, 1.807) is 12.4 Å². The fourth-order valence-electron chi connectivity index (χ4n) is 2.29. The van der Waals surface area contributed by atoms with Gasteiger partial charge < -0.3 is 4.90 Å². The van der Waals surface area contributed by atoms with E-state index in [2.05, 4.69) is 26.1 Å². The topological polar surface area (TPSA) is 49.0 Å². The first-order chi connectivity index (χ1) is 7.83. The third-order valence-electron chi connectivity index (χ3n) is 3.10. The number of nitrogens with one attached hydrogen (secondary N) is 1. The summed E-state index contributed by atoms with van der Waals surface area (Å²) in [6.07, 6.45) is 8.01. The number of halogens is 1. The molecule has 1 aromatic rings. The van der Waals surface area contributed by atoms with E-state index in [-0.39, 0.29) is 5.91 Å². The van der Waals surface area contributed by atoms with Gasteiger partial charge >= 0.3 is 0 Å². The van der Waals surface area contributed by atoms with Crippen LogP contribution in [0.5, 0.6) is 0 Å². The van der Waals surface area contributed by atoms with Crippen LogP contribution >= 0.6 is 15.9 Å². The first-order valence-corrected chi connectivity index (χ1v) is 6.81. The fourth-order valence-corrected chi connectivity index (χ4v) is 2.67. The number of carbonyl (C=O) groups excluding carboxylic acids is 1.